The van der Waals surface area contributed by atoms with Crippen LogP contribution in [0.2, 0.25) is 0 Å². The third-order valence-corrected chi connectivity index (χ3v) is 5.02. The summed E-state index contributed by atoms with van der Waals surface area (Å²) < 4.78 is 0. The van der Waals surface area contributed by atoms with Crippen LogP contribution in [0.3, 0.4) is 0 Å². The van der Waals surface area contributed by atoms with E-state index in [2.05, 4.69) is 10.8 Å². The second-order valence-electron chi connectivity index (χ2n) is 6.60. The van der Waals surface area contributed by atoms with E-state index in [1.807, 2.05) is 36.4 Å². The number of rotatable bonds is 7. The van der Waals surface area contributed by atoms with Crippen LogP contribution in [-0.2, 0) is 4.84 Å². The van der Waals surface area contributed by atoms with Gasteiger partial charge in [-0.1, -0.05) is 49.6 Å². The minimum atomic E-state index is -0.239. The van der Waals surface area contributed by atoms with Gasteiger partial charge in [-0.25, -0.2) is 5.48 Å². The predicted octanol–water partition coefficient (Wildman–Crippen LogP) is 4.80. The van der Waals surface area contributed by atoms with E-state index < -0.39 is 0 Å². The average Bonchev–Trinajstić information content (AvgIpc) is 2.65. The van der Waals surface area contributed by atoms with Crippen molar-refractivity contribution in [3.8, 4) is 0 Å². The average molecular weight is 397 g/mol. The molecule has 2 aromatic carbocycles. The Morgan fingerprint density at radius 3 is 2.62 bits per heavy atom. The minimum absolute atomic E-state index is 0. The number of benzene rings is 2. The molecule has 1 saturated carbocycles. The van der Waals surface area contributed by atoms with Crippen LogP contribution in [0.4, 0.5) is 0 Å². The van der Waals surface area contributed by atoms with E-state index in [1.165, 1.54) is 32.1 Å². The summed E-state index contributed by atoms with van der Waals surface area (Å²) in [6, 6.07) is 14.1. The summed E-state index contributed by atoms with van der Waals surface area (Å²) in [5.41, 5.74) is 2.96. The quantitative estimate of drug-likeness (QED) is 0.305. The zero-order chi connectivity index (χ0) is 17.5. The van der Waals surface area contributed by atoms with Gasteiger partial charge in [-0.2, -0.15) is 0 Å². The Kier molecular flexibility index (Phi) is 8.66. The van der Waals surface area contributed by atoms with Crippen molar-refractivity contribution < 1.29 is 9.63 Å². The molecule has 0 heterocycles. The molecule has 3 rings (SSSR count). The second kappa shape index (κ2) is 10.7. The lowest BCUT2D eigenvalue weighted by Gasteiger charge is -2.25. The highest BCUT2D eigenvalue weighted by Gasteiger charge is 2.16. The van der Waals surface area contributed by atoms with Gasteiger partial charge in [-0.3, -0.25) is 14.9 Å². The van der Waals surface area contributed by atoms with Gasteiger partial charge >= 0.3 is 0 Å². The van der Waals surface area contributed by atoms with Crippen LogP contribution in [0.25, 0.3) is 10.8 Å². The molecule has 1 atom stereocenters. The van der Waals surface area contributed by atoms with Crippen molar-refractivity contribution in [2.75, 3.05) is 6.61 Å². The fourth-order valence-electron chi connectivity index (χ4n) is 3.28. The Morgan fingerprint density at radius 1 is 1.12 bits per heavy atom. The van der Waals surface area contributed by atoms with Crippen LogP contribution in [0.15, 0.2) is 42.5 Å². The van der Waals surface area contributed by atoms with Crippen molar-refractivity contribution >= 4 is 40.7 Å². The topological polar surface area (TPSA) is 50.4 Å². The summed E-state index contributed by atoms with van der Waals surface area (Å²) in [5.74, 6) is -0.239. The summed E-state index contributed by atoms with van der Waals surface area (Å²) in [4.78, 5) is 17.5. The molecule has 6 heteroatoms. The molecule has 1 aliphatic rings. The van der Waals surface area contributed by atoms with Gasteiger partial charge in [0, 0.05) is 18.0 Å². The lowest BCUT2D eigenvalue weighted by molar-refractivity contribution is 0.0293. The molecule has 0 saturated heterocycles. The first kappa shape index (κ1) is 21.0. The first-order valence-corrected chi connectivity index (χ1v) is 9.47. The second-order valence-corrected chi connectivity index (χ2v) is 7.13. The molecule has 1 fully saturated rings. The Bertz CT molecular complexity index is 705. The highest BCUT2D eigenvalue weighted by Crippen LogP contribution is 2.19. The van der Waals surface area contributed by atoms with E-state index in [9.17, 15) is 4.79 Å². The van der Waals surface area contributed by atoms with E-state index in [0.29, 0.717) is 24.6 Å². The number of fused-ring (bicyclic) bond motifs is 1. The maximum absolute atomic E-state index is 12.2. The van der Waals surface area contributed by atoms with Gasteiger partial charge in [0.2, 0.25) is 0 Å². The largest absolute Gasteiger partial charge is 0.298 e. The van der Waals surface area contributed by atoms with E-state index in [4.69, 9.17) is 16.4 Å². The third kappa shape index (κ3) is 6.13. The van der Waals surface area contributed by atoms with Crippen molar-refractivity contribution in [2.24, 2.45) is 0 Å². The summed E-state index contributed by atoms with van der Waals surface area (Å²) in [6.07, 6.45) is 6.93. The fraction of sp³-hybridized carbons (Fsp3) is 0.450. The Morgan fingerprint density at radius 2 is 1.85 bits per heavy atom. The van der Waals surface area contributed by atoms with Gasteiger partial charge in [-0.15, -0.1) is 24.0 Å². The number of nitrogens with one attached hydrogen (secondary N) is 2. The first-order valence-electron chi connectivity index (χ1n) is 9.03. The normalized spacial score (nSPS) is 16.0. The molecule has 0 radical (unpaired) electrons. The van der Waals surface area contributed by atoms with Gasteiger partial charge < -0.3 is 0 Å². The van der Waals surface area contributed by atoms with Crippen molar-refractivity contribution in [1.29, 1.82) is 0 Å². The van der Waals surface area contributed by atoms with Crippen molar-refractivity contribution in [1.82, 2.24) is 10.8 Å². The molecule has 2 aromatic rings. The van der Waals surface area contributed by atoms with E-state index >= 15 is 0 Å². The maximum atomic E-state index is 12.2. The van der Waals surface area contributed by atoms with Crippen molar-refractivity contribution in [3.63, 3.8) is 0 Å². The molecule has 2 N–H and O–H groups in total. The minimum Gasteiger partial charge on any atom is -0.298 e. The lowest BCUT2D eigenvalue weighted by Crippen LogP contribution is -2.37. The molecule has 142 valence electrons. The summed E-state index contributed by atoms with van der Waals surface area (Å²) in [7, 11) is 0. The van der Waals surface area contributed by atoms with Gasteiger partial charge in [0.1, 0.15) is 0 Å². The molecule has 1 amide bonds. The highest BCUT2D eigenvalue weighted by atomic mass is 35.5. The highest BCUT2D eigenvalue weighted by molar-refractivity contribution is 6.20. The molecule has 4 nitrogen and oxygen atoms in total. The maximum Gasteiger partial charge on any atom is 0.274 e. The number of amides is 1. The van der Waals surface area contributed by atoms with Gasteiger partial charge in [-0.05, 0) is 35.7 Å². The monoisotopic (exact) mass is 396 g/mol. The number of carbonyl (C=O) groups excluding carboxylic acids is 1. The third-order valence-electron chi connectivity index (χ3n) is 4.67. The molecule has 1 aliphatic carbocycles. The van der Waals surface area contributed by atoms with Gasteiger partial charge in [0.05, 0.1) is 12.1 Å². The number of carbonyl (C=O) groups is 1. The first-order chi connectivity index (χ1) is 12.2. The summed E-state index contributed by atoms with van der Waals surface area (Å²) in [5, 5.41) is 5.58. The van der Waals surface area contributed by atoms with Gasteiger partial charge in [0.25, 0.3) is 5.91 Å². The number of hydrogen-bond donors (Lipinski definition) is 2. The predicted molar refractivity (Wildman–Crippen MR) is 109 cm³/mol. The smallest absolute Gasteiger partial charge is 0.274 e. The number of alkyl halides is 1. The van der Waals surface area contributed by atoms with E-state index in [1.54, 1.807) is 6.07 Å². The summed E-state index contributed by atoms with van der Waals surface area (Å²) >= 11 is 6.31. The summed E-state index contributed by atoms with van der Waals surface area (Å²) in [6.45, 7) is 0.382. The molecular weight excluding hydrogens is 371 g/mol. The van der Waals surface area contributed by atoms with Crippen molar-refractivity contribution in [2.45, 2.75) is 50.1 Å². The molecular formula is C20H26Cl2N2O2. The molecule has 0 aliphatic heterocycles. The molecule has 0 bridgehead atoms. The Balaban J connectivity index is 0.00000243. The zero-order valence-corrected chi connectivity index (χ0v) is 16.3. The van der Waals surface area contributed by atoms with Crippen LogP contribution in [0.5, 0.6) is 0 Å². The lowest BCUT2D eigenvalue weighted by atomic mass is 9.95. The number of hydrogen-bond acceptors (Lipinski definition) is 3. The molecule has 0 aromatic heterocycles. The fourth-order valence-corrected chi connectivity index (χ4v) is 3.54. The van der Waals surface area contributed by atoms with Crippen LogP contribution >= 0.6 is 24.0 Å². The Labute approximate surface area is 166 Å². The molecule has 26 heavy (non-hydrogen) atoms. The van der Waals surface area contributed by atoms with E-state index in [0.717, 1.165) is 10.8 Å². The van der Waals surface area contributed by atoms with Crippen LogP contribution < -0.4 is 10.8 Å². The number of hydroxylamine groups is 1. The Hall–Kier alpha value is -1.33. The van der Waals surface area contributed by atoms with Crippen LogP contribution in [0.1, 0.15) is 48.9 Å². The zero-order valence-electron chi connectivity index (χ0n) is 14.7. The van der Waals surface area contributed by atoms with E-state index in [-0.39, 0.29) is 23.8 Å². The van der Waals surface area contributed by atoms with Crippen LogP contribution in [-0.4, -0.2) is 24.1 Å². The van der Waals surface area contributed by atoms with Gasteiger partial charge in [0.15, 0.2) is 0 Å². The van der Waals surface area contributed by atoms with Crippen LogP contribution in [0, 0.1) is 0 Å². The van der Waals surface area contributed by atoms with Crippen molar-refractivity contribution in [3.05, 3.63) is 48.0 Å². The SMILES string of the molecule is Cl.O=C(NOCCC(Cl)NC1CCCCC1)c1ccc2ccccc2c1. The number of halogens is 2. The molecule has 0 spiro atoms. The standard InChI is InChI=1S/C20H25ClN2O2.ClH/c21-19(22-18-8-2-1-3-9-18)12-13-25-23-20(24)17-11-10-15-6-4-5-7-16(15)14-17;/h4-7,10-11,14,18-19,22H,1-3,8-9,12-13H2,(H,23,24);1H. The molecule has 1 unspecified atom stereocenters.